The van der Waals surface area contributed by atoms with Gasteiger partial charge in [0.15, 0.2) is 11.5 Å². The van der Waals surface area contributed by atoms with Crippen LogP contribution in [0.1, 0.15) is 32.3 Å². The highest BCUT2D eigenvalue weighted by Crippen LogP contribution is 2.30. The highest BCUT2D eigenvalue weighted by molar-refractivity contribution is 7.12. The Morgan fingerprint density at radius 1 is 1.38 bits per heavy atom. The van der Waals surface area contributed by atoms with Crippen LogP contribution < -0.4 is 0 Å². The molecule has 1 aliphatic heterocycles. The van der Waals surface area contributed by atoms with Crippen molar-refractivity contribution in [3.05, 3.63) is 39.0 Å². The van der Waals surface area contributed by atoms with E-state index in [1.165, 1.54) is 11.3 Å². The molecule has 0 spiro atoms. The van der Waals surface area contributed by atoms with Crippen LogP contribution in [0.25, 0.3) is 11.6 Å². The van der Waals surface area contributed by atoms with Gasteiger partial charge in [-0.1, -0.05) is 5.16 Å². The minimum Gasteiger partial charge on any atom is -0.333 e. The average molecular weight is 343 g/mol. The second-order valence-electron chi connectivity index (χ2n) is 5.95. The van der Waals surface area contributed by atoms with Crippen LogP contribution in [0.5, 0.6) is 0 Å². The van der Waals surface area contributed by atoms with Gasteiger partial charge in [-0.3, -0.25) is 9.48 Å². The zero-order valence-corrected chi connectivity index (χ0v) is 14.6. The molecular formula is C16H17N5O2S. The Morgan fingerprint density at radius 2 is 2.21 bits per heavy atom. The van der Waals surface area contributed by atoms with E-state index in [-0.39, 0.29) is 5.91 Å². The van der Waals surface area contributed by atoms with Gasteiger partial charge in [0.1, 0.15) is 0 Å². The molecule has 0 aliphatic carbocycles. The molecule has 7 nitrogen and oxygen atoms in total. The van der Waals surface area contributed by atoms with Gasteiger partial charge >= 0.3 is 0 Å². The van der Waals surface area contributed by atoms with Crippen LogP contribution in [-0.4, -0.2) is 37.3 Å². The van der Waals surface area contributed by atoms with Crippen molar-refractivity contribution in [1.82, 2.24) is 24.8 Å². The highest BCUT2D eigenvalue weighted by atomic mass is 32.1. The van der Waals surface area contributed by atoms with Crippen LogP contribution in [0.15, 0.2) is 16.0 Å². The molecule has 0 saturated carbocycles. The Hall–Kier alpha value is -2.48. The molecule has 24 heavy (non-hydrogen) atoms. The van der Waals surface area contributed by atoms with Gasteiger partial charge in [0.25, 0.3) is 11.8 Å². The third kappa shape index (κ3) is 2.34. The van der Waals surface area contributed by atoms with Gasteiger partial charge in [-0.15, -0.1) is 11.3 Å². The molecule has 0 unspecified atom stereocenters. The SMILES string of the molecule is Cc1noc(-c2nn(C)c3c2CN(C(=O)c2sccc2C)CC3)n1. The zero-order valence-electron chi connectivity index (χ0n) is 13.7. The van der Waals surface area contributed by atoms with E-state index in [4.69, 9.17) is 4.52 Å². The first-order chi connectivity index (χ1) is 11.5. The Labute approximate surface area is 142 Å². The van der Waals surface area contributed by atoms with Gasteiger partial charge in [-0.2, -0.15) is 10.1 Å². The van der Waals surface area contributed by atoms with Gasteiger partial charge in [-0.25, -0.2) is 0 Å². The Bertz CT molecular complexity index is 923. The summed E-state index contributed by atoms with van der Waals surface area (Å²) in [6.07, 6.45) is 0.766. The van der Waals surface area contributed by atoms with Crippen molar-refractivity contribution in [3.8, 4) is 11.6 Å². The quantitative estimate of drug-likeness (QED) is 0.714. The number of hydrogen-bond donors (Lipinski definition) is 0. The lowest BCUT2D eigenvalue weighted by atomic mass is 10.0. The molecule has 0 radical (unpaired) electrons. The summed E-state index contributed by atoms with van der Waals surface area (Å²) in [6.45, 7) is 4.94. The number of rotatable bonds is 2. The van der Waals surface area contributed by atoms with Gasteiger partial charge in [0, 0.05) is 31.3 Å². The number of fused-ring (bicyclic) bond motifs is 1. The van der Waals surface area contributed by atoms with Crippen LogP contribution in [0, 0.1) is 13.8 Å². The number of hydrogen-bond acceptors (Lipinski definition) is 6. The maximum atomic E-state index is 12.8. The van der Waals surface area contributed by atoms with E-state index in [1.807, 2.05) is 35.0 Å². The molecule has 1 aliphatic rings. The maximum Gasteiger partial charge on any atom is 0.278 e. The maximum absolute atomic E-state index is 12.8. The zero-order chi connectivity index (χ0) is 16.8. The first-order valence-corrected chi connectivity index (χ1v) is 8.61. The van der Waals surface area contributed by atoms with Crippen molar-refractivity contribution in [2.45, 2.75) is 26.8 Å². The second-order valence-corrected chi connectivity index (χ2v) is 6.87. The Morgan fingerprint density at radius 3 is 2.88 bits per heavy atom. The summed E-state index contributed by atoms with van der Waals surface area (Å²) in [5.74, 6) is 1.05. The van der Waals surface area contributed by atoms with Crippen LogP contribution in [-0.2, 0) is 20.0 Å². The lowest BCUT2D eigenvalue weighted by Gasteiger charge is -2.27. The van der Waals surface area contributed by atoms with E-state index in [0.717, 1.165) is 28.1 Å². The lowest BCUT2D eigenvalue weighted by Crippen LogP contribution is -2.36. The third-order valence-corrected chi connectivity index (χ3v) is 5.32. The van der Waals surface area contributed by atoms with Crippen LogP contribution >= 0.6 is 11.3 Å². The average Bonchev–Trinajstić information content (AvgIpc) is 3.26. The highest BCUT2D eigenvalue weighted by Gasteiger charge is 2.30. The molecule has 4 heterocycles. The fourth-order valence-electron chi connectivity index (χ4n) is 3.07. The largest absolute Gasteiger partial charge is 0.333 e. The molecule has 3 aromatic rings. The number of aryl methyl sites for hydroxylation is 3. The van der Waals surface area contributed by atoms with Crippen LogP contribution in [0.3, 0.4) is 0 Å². The number of carbonyl (C=O) groups excluding carboxylic acids is 1. The molecule has 3 aromatic heterocycles. The third-order valence-electron chi connectivity index (χ3n) is 4.32. The summed E-state index contributed by atoms with van der Waals surface area (Å²) < 4.78 is 7.13. The van der Waals surface area contributed by atoms with Crippen molar-refractivity contribution in [1.29, 1.82) is 0 Å². The van der Waals surface area contributed by atoms with E-state index < -0.39 is 0 Å². The summed E-state index contributed by atoms with van der Waals surface area (Å²) in [5, 5.41) is 10.3. The standard InChI is InChI=1S/C16H17N5O2S/c1-9-5-7-24-14(9)16(22)21-6-4-12-11(8-21)13(18-20(12)3)15-17-10(2)19-23-15/h5,7H,4,6,8H2,1-3H3. The van der Waals surface area contributed by atoms with E-state index in [1.54, 1.807) is 6.92 Å². The topological polar surface area (TPSA) is 77.0 Å². The van der Waals surface area contributed by atoms with E-state index in [2.05, 4.69) is 15.2 Å². The van der Waals surface area contributed by atoms with Crippen molar-refractivity contribution in [2.75, 3.05) is 6.54 Å². The van der Waals surface area contributed by atoms with E-state index >= 15 is 0 Å². The number of nitrogens with zero attached hydrogens (tertiary/aromatic N) is 5. The van der Waals surface area contributed by atoms with Gasteiger partial charge in [-0.05, 0) is 30.9 Å². The summed E-state index contributed by atoms with van der Waals surface area (Å²) in [4.78, 5) is 19.8. The normalized spacial score (nSPS) is 14.0. The summed E-state index contributed by atoms with van der Waals surface area (Å²) in [7, 11) is 1.91. The monoisotopic (exact) mass is 343 g/mol. The Kier molecular flexibility index (Phi) is 3.49. The molecule has 8 heteroatoms. The molecule has 0 aromatic carbocycles. The first kappa shape index (κ1) is 15.1. The minimum absolute atomic E-state index is 0.0738. The van der Waals surface area contributed by atoms with Crippen molar-refractivity contribution in [2.24, 2.45) is 7.05 Å². The van der Waals surface area contributed by atoms with Crippen molar-refractivity contribution < 1.29 is 9.32 Å². The predicted octanol–water partition coefficient (Wildman–Crippen LogP) is 2.35. The molecule has 4 rings (SSSR count). The van der Waals surface area contributed by atoms with E-state index in [9.17, 15) is 4.79 Å². The first-order valence-electron chi connectivity index (χ1n) is 7.73. The summed E-state index contributed by atoms with van der Waals surface area (Å²) >= 11 is 1.49. The van der Waals surface area contributed by atoms with Crippen molar-refractivity contribution in [3.63, 3.8) is 0 Å². The minimum atomic E-state index is 0.0738. The molecule has 124 valence electrons. The number of thiophene rings is 1. The fourth-order valence-corrected chi connectivity index (χ4v) is 3.96. The van der Waals surface area contributed by atoms with Gasteiger partial charge < -0.3 is 9.42 Å². The summed E-state index contributed by atoms with van der Waals surface area (Å²) in [5.41, 5.74) is 3.81. The second kappa shape index (κ2) is 5.55. The predicted molar refractivity (Wildman–Crippen MR) is 88.7 cm³/mol. The molecule has 0 N–H and O–H groups in total. The number of amides is 1. The molecule has 0 atom stereocenters. The molecule has 0 saturated heterocycles. The number of aromatic nitrogens is 4. The molecule has 0 bridgehead atoms. The molecular weight excluding hydrogens is 326 g/mol. The van der Waals surface area contributed by atoms with E-state index in [0.29, 0.717) is 30.5 Å². The molecule has 0 fully saturated rings. The van der Waals surface area contributed by atoms with Crippen LogP contribution in [0.4, 0.5) is 0 Å². The lowest BCUT2D eigenvalue weighted by molar-refractivity contribution is 0.0738. The number of carbonyl (C=O) groups is 1. The molecule has 1 amide bonds. The Balaban J connectivity index is 1.69. The fraction of sp³-hybridized carbons (Fsp3) is 0.375. The van der Waals surface area contributed by atoms with Gasteiger partial charge in [0.2, 0.25) is 0 Å². The van der Waals surface area contributed by atoms with Crippen LogP contribution in [0.2, 0.25) is 0 Å². The smallest absolute Gasteiger partial charge is 0.278 e. The van der Waals surface area contributed by atoms with Crippen molar-refractivity contribution >= 4 is 17.2 Å². The van der Waals surface area contributed by atoms with Gasteiger partial charge in [0.05, 0.1) is 11.4 Å². The summed E-state index contributed by atoms with van der Waals surface area (Å²) in [6, 6.07) is 1.98.